The van der Waals surface area contributed by atoms with E-state index in [9.17, 15) is 4.79 Å². The molecule has 1 amide bonds. The summed E-state index contributed by atoms with van der Waals surface area (Å²) in [5.74, 6) is 0.798. The van der Waals surface area contributed by atoms with Crippen molar-refractivity contribution in [2.24, 2.45) is 4.99 Å². The molecule has 2 rings (SSSR count). The number of nitrogens with one attached hydrogen (secondary N) is 2. The van der Waals surface area contributed by atoms with Crippen molar-refractivity contribution in [2.75, 3.05) is 20.6 Å². The van der Waals surface area contributed by atoms with Gasteiger partial charge in [-0.25, -0.2) is 4.99 Å². The molecule has 2 aromatic rings. The van der Waals surface area contributed by atoms with E-state index in [4.69, 9.17) is 0 Å². The standard InChI is InChI=1S/C22H30N4O.HI/c1-5-18-9-7-8-10-20(18)16-25-22(23-6-2)24-15-17-11-13-19(14-12-17)21(27)26(3)4;/h7-14H,5-6,15-16H2,1-4H3,(H2,23,24,25);1H. The summed E-state index contributed by atoms with van der Waals surface area (Å²) in [7, 11) is 3.51. The molecule has 2 aromatic carbocycles. The molecule has 0 aliphatic rings. The monoisotopic (exact) mass is 494 g/mol. The van der Waals surface area contributed by atoms with Crippen LogP contribution in [0, 0.1) is 0 Å². The maximum absolute atomic E-state index is 12.0. The third-order valence-corrected chi connectivity index (χ3v) is 4.32. The minimum atomic E-state index is 0. The molecule has 0 fully saturated rings. The molecule has 5 nitrogen and oxygen atoms in total. The van der Waals surface area contributed by atoms with Crippen LogP contribution in [-0.2, 0) is 19.5 Å². The molecule has 0 aliphatic heterocycles. The Hall–Kier alpha value is -2.09. The minimum absolute atomic E-state index is 0. The number of aryl methyl sites for hydroxylation is 1. The number of rotatable bonds is 7. The topological polar surface area (TPSA) is 56.7 Å². The molecule has 0 aliphatic carbocycles. The van der Waals surface area contributed by atoms with E-state index < -0.39 is 0 Å². The normalized spacial score (nSPS) is 10.8. The summed E-state index contributed by atoms with van der Waals surface area (Å²) < 4.78 is 0. The van der Waals surface area contributed by atoms with Crippen LogP contribution in [-0.4, -0.2) is 37.4 Å². The lowest BCUT2D eigenvalue weighted by Crippen LogP contribution is -2.37. The van der Waals surface area contributed by atoms with E-state index in [2.05, 4.69) is 53.7 Å². The van der Waals surface area contributed by atoms with E-state index in [1.807, 2.05) is 24.3 Å². The maximum atomic E-state index is 12.0. The summed E-state index contributed by atoms with van der Waals surface area (Å²) in [5.41, 5.74) is 4.39. The molecule has 0 aromatic heterocycles. The number of aliphatic imine (C=N–C) groups is 1. The number of carbonyl (C=O) groups is 1. The van der Waals surface area contributed by atoms with Crippen LogP contribution >= 0.6 is 24.0 Å². The minimum Gasteiger partial charge on any atom is -0.357 e. The summed E-state index contributed by atoms with van der Waals surface area (Å²) in [6.45, 7) is 6.33. The van der Waals surface area contributed by atoms with E-state index in [1.165, 1.54) is 11.1 Å². The van der Waals surface area contributed by atoms with Gasteiger partial charge in [-0.05, 0) is 42.2 Å². The lowest BCUT2D eigenvalue weighted by Gasteiger charge is -2.13. The fraction of sp³-hybridized carbons (Fsp3) is 0.364. The van der Waals surface area contributed by atoms with Crippen molar-refractivity contribution in [2.45, 2.75) is 33.4 Å². The Morgan fingerprint density at radius 3 is 2.18 bits per heavy atom. The van der Waals surface area contributed by atoms with Gasteiger partial charge in [-0.1, -0.05) is 43.3 Å². The maximum Gasteiger partial charge on any atom is 0.253 e. The molecule has 2 N–H and O–H groups in total. The highest BCUT2D eigenvalue weighted by atomic mass is 127. The molecule has 0 saturated heterocycles. The van der Waals surface area contributed by atoms with Gasteiger partial charge in [0.1, 0.15) is 0 Å². The van der Waals surface area contributed by atoms with Gasteiger partial charge in [-0.3, -0.25) is 4.79 Å². The van der Waals surface area contributed by atoms with Crippen LogP contribution < -0.4 is 10.6 Å². The number of guanidine groups is 1. The van der Waals surface area contributed by atoms with Gasteiger partial charge in [0.15, 0.2) is 5.96 Å². The Balaban J connectivity index is 0.00000392. The van der Waals surface area contributed by atoms with Crippen LogP contribution in [0.1, 0.15) is 40.9 Å². The molecule has 6 heteroatoms. The first-order chi connectivity index (χ1) is 13.0. The predicted molar refractivity (Wildman–Crippen MR) is 127 cm³/mol. The highest BCUT2D eigenvalue weighted by molar-refractivity contribution is 14.0. The first kappa shape index (κ1) is 23.9. The van der Waals surface area contributed by atoms with Crippen molar-refractivity contribution >= 4 is 35.8 Å². The number of nitrogens with zero attached hydrogens (tertiary/aromatic N) is 2. The number of hydrogen-bond acceptors (Lipinski definition) is 2. The average molecular weight is 494 g/mol. The van der Waals surface area contributed by atoms with Gasteiger partial charge in [0.25, 0.3) is 5.91 Å². The van der Waals surface area contributed by atoms with Crippen LogP contribution in [0.5, 0.6) is 0 Å². The highest BCUT2D eigenvalue weighted by Gasteiger charge is 2.07. The lowest BCUT2D eigenvalue weighted by atomic mass is 10.1. The van der Waals surface area contributed by atoms with E-state index in [0.717, 1.165) is 31.0 Å². The van der Waals surface area contributed by atoms with Gasteiger partial charge >= 0.3 is 0 Å². The lowest BCUT2D eigenvalue weighted by molar-refractivity contribution is 0.0827. The third-order valence-electron chi connectivity index (χ3n) is 4.32. The Morgan fingerprint density at radius 1 is 0.964 bits per heavy atom. The van der Waals surface area contributed by atoms with Gasteiger partial charge in [-0.15, -0.1) is 24.0 Å². The quantitative estimate of drug-likeness (QED) is 0.350. The van der Waals surface area contributed by atoms with Crippen molar-refractivity contribution in [1.82, 2.24) is 15.5 Å². The molecule has 0 unspecified atom stereocenters. The molecular weight excluding hydrogens is 463 g/mol. The number of hydrogen-bond donors (Lipinski definition) is 2. The van der Waals surface area contributed by atoms with Gasteiger partial charge in [0, 0.05) is 32.7 Å². The van der Waals surface area contributed by atoms with Crippen molar-refractivity contribution in [1.29, 1.82) is 0 Å². The van der Waals surface area contributed by atoms with Crippen molar-refractivity contribution in [3.05, 3.63) is 70.8 Å². The number of halogens is 1. The van der Waals surface area contributed by atoms with Crippen molar-refractivity contribution in [3.63, 3.8) is 0 Å². The van der Waals surface area contributed by atoms with Crippen LogP contribution in [0.3, 0.4) is 0 Å². The molecule has 0 spiro atoms. The molecule has 152 valence electrons. The zero-order valence-electron chi connectivity index (χ0n) is 17.2. The van der Waals surface area contributed by atoms with Gasteiger partial charge in [0.05, 0.1) is 6.54 Å². The second-order valence-electron chi connectivity index (χ2n) is 6.57. The third kappa shape index (κ3) is 7.14. The molecular formula is C22H31IN4O. The number of amides is 1. The highest BCUT2D eigenvalue weighted by Crippen LogP contribution is 2.10. The Morgan fingerprint density at radius 2 is 1.61 bits per heavy atom. The van der Waals surface area contributed by atoms with Gasteiger partial charge in [0.2, 0.25) is 0 Å². The average Bonchev–Trinajstić information content (AvgIpc) is 2.70. The fourth-order valence-electron chi connectivity index (χ4n) is 2.78. The van der Waals surface area contributed by atoms with Crippen LogP contribution in [0.25, 0.3) is 0 Å². The smallest absolute Gasteiger partial charge is 0.253 e. The van der Waals surface area contributed by atoms with Gasteiger partial charge in [-0.2, -0.15) is 0 Å². The molecule has 0 heterocycles. The summed E-state index contributed by atoms with van der Waals surface area (Å²) >= 11 is 0. The zero-order chi connectivity index (χ0) is 19.6. The van der Waals surface area contributed by atoms with Crippen LogP contribution in [0.4, 0.5) is 0 Å². The first-order valence-corrected chi connectivity index (χ1v) is 9.44. The van der Waals surface area contributed by atoms with E-state index >= 15 is 0 Å². The van der Waals surface area contributed by atoms with Crippen LogP contribution in [0.15, 0.2) is 53.5 Å². The summed E-state index contributed by atoms with van der Waals surface area (Å²) in [5, 5.41) is 6.69. The summed E-state index contributed by atoms with van der Waals surface area (Å²) in [6.07, 6.45) is 1.02. The molecule has 0 atom stereocenters. The van der Waals surface area contributed by atoms with Crippen molar-refractivity contribution < 1.29 is 4.79 Å². The second-order valence-corrected chi connectivity index (χ2v) is 6.57. The summed E-state index contributed by atoms with van der Waals surface area (Å²) in [4.78, 5) is 18.2. The van der Waals surface area contributed by atoms with E-state index in [0.29, 0.717) is 12.1 Å². The zero-order valence-corrected chi connectivity index (χ0v) is 19.5. The molecule has 28 heavy (non-hydrogen) atoms. The molecule has 0 bridgehead atoms. The number of benzene rings is 2. The van der Waals surface area contributed by atoms with E-state index in [-0.39, 0.29) is 29.9 Å². The SMILES string of the molecule is CCNC(=NCc1ccc(C(=O)N(C)C)cc1)NCc1ccccc1CC.I. The molecule has 0 radical (unpaired) electrons. The Labute approximate surface area is 185 Å². The van der Waals surface area contributed by atoms with E-state index in [1.54, 1.807) is 19.0 Å². The van der Waals surface area contributed by atoms with Gasteiger partial charge < -0.3 is 15.5 Å². The predicted octanol–water partition coefficient (Wildman–Crippen LogP) is 3.82. The Kier molecular flexibility index (Phi) is 10.6. The molecule has 0 saturated carbocycles. The summed E-state index contributed by atoms with van der Waals surface area (Å²) in [6, 6.07) is 16.1. The Bertz CT molecular complexity index is 772. The fourth-order valence-corrected chi connectivity index (χ4v) is 2.78. The van der Waals surface area contributed by atoms with Crippen LogP contribution in [0.2, 0.25) is 0 Å². The largest absolute Gasteiger partial charge is 0.357 e. The first-order valence-electron chi connectivity index (χ1n) is 9.44. The number of carbonyl (C=O) groups excluding carboxylic acids is 1. The second kappa shape index (κ2) is 12.4. The van der Waals surface area contributed by atoms with Crippen molar-refractivity contribution in [3.8, 4) is 0 Å².